The molecule has 1 saturated heterocycles. The van der Waals surface area contributed by atoms with Crippen LogP contribution in [0, 0.1) is 0 Å². The van der Waals surface area contributed by atoms with E-state index in [0.29, 0.717) is 43.7 Å². The van der Waals surface area contributed by atoms with Gasteiger partial charge in [-0.2, -0.15) is 0 Å². The minimum atomic E-state index is -0.889. The van der Waals surface area contributed by atoms with Gasteiger partial charge in [0.25, 0.3) is 11.8 Å². The Labute approximate surface area is 192 Å². The SMILES string of the molecule is CC(C(=O)N1CCCN(CC(=O)OCc2ccccc2)CC1)N1C(=O)c2ccccc2C1=O. The molecule has 1 unspecified atom stereocenters. The molecule has 1 atom stereocenters. The summed E-state index contributed by atoms with van der Waals surface area (Å²) in [5.74, 6) is -1.45. The largest absolute Gasteiger partial charge is 0.460 e. The number of ether oxygens (including phenoxy) is 1. The first kappa shape index (κ1) is 22.7. The molecule has 0 bridgehead atoms. The van der Waals surface area contributed by atoms with Crippen LogP contribution in [0.25, 0.3) is 0 Å². The van der Waals surface area contributed by atoms with E-state index in [9.17, 15) is 19.2 Å². The van der Waals surface area contributed by atoms with Gasteiger partial charge in [0.05, 0.1) is 17.7 Å². The number of carbonyl (C=O) groups is 4. The zero-order valence-electron chi connectivity index (χ0n) is 18.6. The smallest absolute Gasteiger partial charge is 0.320 e. The fraction of sp³-hybridized carbons (Fsp3) is 0.360. The summed E-state index contributed by atoms with van der Waals surface area (Å²) in [7, 11) is 0. The number of amides is 3. The summed E-state index contributed by atoms with van der Waals surface area (Å²) in [4.78, 5) is 55.5. The molecule has 2 aliphatic rings. The summed E-state index contributed by atoms with van der Waals surface area (Å²) in [6.45, 7) is 4.07. The summed E-state index contributed by atoms with van der Waals surface area (Å²) >= 11 is 0. The van der Waals surface area contributed by atoms with E-state index in [0.717, 1.165) is 10.5 Å². The Kier molecular flexibility index (Phi) is 6.84. The maximum Gasteiger partial charge on any atom is 0.320 e. The molecular weight excluding hydrogens is 422 g/mol. The lowest BCUT2D eigenvalue weighted by Gasteiger charge is -2.28. The lowest BCUT2D eigenvalue weighted by molar-refractivity contribution is -0.146. The number of nitrogens with zero attached hydrogens (tertiary/aromatic N) is 3. The number of carbonyl (C=O) groups excluding carboxylic acids is 4. The van der Waals surface area contributed by atoms with Crippen molar-refractivity contribution in [2.24, 2.45) is 0 Å². The lowest BCUT2D eigenvalue weighted by Crippen LogP contribution is -2.50. The van der Waals surface area contributed by atoms with Gasteiger partial charge in [-0.3, -0.25) is 29.0 Å². The van der Waals surface area contributed by atoms with Gasteiger partial charge in [-0.1, -0.05) is 42.5 Å². The van der Waals surface area contributed by atoms with Gasteiger partial charge in [-0.15, -0.1) is 0 Å². The first-order valence-electron chi connectivity index (χ1n) is 11.1. The van der Waals surface area contributed by atoms with Crippen molar-refractivity contribution in [3.05, 3.63) is 71.3 Å². The number of hydrogen-bond acceptors (Lipinski definition) is 6. The van der Waals surface area contributed by atoms with Crippen molar-refractivity contribution in [1.82, 2.24) is 14.7 Å². The molecule has 2 heterocycles. The van der Waals surface area contributed by atoms with Crippen LogP contribution in [-0.4, -0.2) is 77.2 Å². The predicted molar refractivity (Wildman–Crippen MR) is 120 cm³/mol. The fourth-order valence-corrected chi connectivity index (χ4v) is 4.25. The zero-order chi connectivity index (χ0) is 23.4. The fourth-order valence-electron chi connectivity index (χ4n) is 4.25. The van der Waals surface area contributed by atoms with E-state index in [1.807, 2.05) is 35.2 Å². The van der Waals surface area contributed by atoms with E-state index in [2.05, 4.69) is 0 Å². The van der Waals surface area contributed by atoms with E-state index < -0.39 is 17.9 Å². The number of imide groups is 1. The van der Waals surface area contributed by atoms with Gasteiger partial charge in [-0.05, 0) is 31.0 Å². The van der Waals surface area contributed by atoms with Crippen LogP contribution in [0.15, 0.2) is 54.6 Å². The number of fused-ring (bicyclic) bond motifs is 1. The van der Waals surface area contributed by atoms with Crippen molar-refractivity contribution in [2.45, 2.75) is 26.0 Å². The van der Waals surface area contributed by atoms with Gasteiger partial charge in [0.15, 0.2) is 0 Å². The molecule has 0 aromatic heterocycles. The summed E-state index contributed by atoms with van der Waals surface area (Å²) in [6, 6.07) is 15.2. The third-order valence-electron chi connectivity index (χ3n) is 6.07. The summed E-state index contributed by atoms with van der Waals surface area (Å²) < 4.78 is 5.36. The number of hydrogen-bond donors (Lipinski definition) is 0. The van der Waals surface area contributed by atoms with Crippen molar-refractivity contribution >= 4 is 23.7 Å². The summed E-state index contributed by atoms with van der Waals surface area (Å²) in [5.41, 5.74) is 1.59. The number of esters is 1. The molecule has 8 nitrogen and oxygen atoms in total. The van der Waals surface area contributed by atoms with Crippen molar-refractivity contribution in [1.29, 1.82) is 0 Å². The number of rotatable bonds is 6. The van der Waals surface area contributed by atoms with E-state index in [-0.39, 0.29) is 25.0 Å². The van der Waals surface area contributed by atoms with Crippen molar-refractivity contribution in [3.8, 4) is 0 Å². The molecule has 2 aromatic carbocycles. The van der Waals surface area contributed by atoms with Crippen LogP contribution in [0.5, 0.6) is 0 Å². The Bertz CT molecular complexity index is 1020. The molecular formula is C25H27N3O5. The Hall–Kier alpha value is -3.52. The number of benzene rings is 2. The highest BCUT2D eigenvalue weighted by Gasteiger charge is 2.41. The van der Waals surface area contributed by atoms with Crippen LogP contribution < -0.4 is 0 Å². The highest BCUT2D eigenvalue weighted by Crippen LogP contribution is 2.25. The third-order valence-corrected chi connectivity index (χ3v) is 6.07. The minimum absolute atomic E-state index is 0.156. The second-order valence-electron chi connectivity index (χ2n) is 8.30. The molecule has 3 amide bonds. The minimum Gasteiger partial charge on any atom is -0.460 e. The molecule has 2 aromatic rings. The molecule has 0 spiro atoms. The Morgan fingerprint density at radius 1 is 0.879 bits per heavy atom. The van der Waals surface area contributed by atoms with E-state index in [1.54, 1.807) is 36.1 Å². The van der Waals surface area contributed by atoms with Gasteiger partial charge in [0.2, 0.25) is 5.91 Å². The van der Waals surface area contributed by atoms with Gasteiger partial charge in [0.1, 0.15) is 12.6 Å². The van der Waals surface area contributed by atoms with Gasteiger partial charge in [-0.25, -0.2) is 0 Å². The average molecular weight is 450 g/mol. The Morgan fingerprint density at radius 2 is 1.52 bits per heavy atom. The second-order valence-corrected chi connectivity index (χ2v) is 8.30. The second kappa shape index (κ2) is 9.95. The molecule has 1 fully saturated rings. The highest BCUT2D eigenvalue weighted by molar-refractivity contribution is 6.22. The first-order chi connectivity index (χ1) is 16.0. The summed E-state index contributed by atoms with van der Waals surface area (Å²) in [5, 5.41) is 0. The molecule has 2 aliphatic heterocycles. The van der Waals surface area contributed by atoms with Crippen LogP contribution in [0.4, 0.5) is 0 Å². The topological polar surface area (TPSA) is 87.2 Å². The summed E-state index contributed by atoms with van der Waals surface area (Å²) in [6.07, 6.45) is 0.687. The van der Waals surface area contributed by atoms with Gasteiger partial charge < -0.3 is 9.64 Å². The van der Waals surface area contributed by atoms with Crippen LogP contribution in [0.2, 0.25) is 0 Å². The molecule has 8 heteroatoms. The van der Waals surface area contributed by atoms with Crippen molar-refractivity contribution < 1.29 is 23.9 Å². The molecule has 0 aliphatic carbocycles. The average Bonchev–Trinajstić information content (AvgIpc) is 2.97. The normalized spacial score (nSPS) is 17.5. The maximum absolute atomic E-state index is 13.1. The Balaban J connectivity index is 1.30. The molecule has 33 heavy (non-hydrogen) atoms. The van der Waals surface area contributed by atoms with E-state index in [4.69, 9.17) is 4.74 Å². The van der Waals surface area contributed by atoms with Crippen LogP contribution in [0.1, 0.15) is 39.6 Å². The van der Waals surface area contributed by atoms with Crippen LogP contribution in [0.3, 0.4) is 0 Å². The first-order valence-corrected chi connectivity index (χ1v) is 11.1. The third kappa shape index (κ3) is 4.96. The van der Waals surface area contributed by atoms with E-state index >= 15 is 0 Å². The molecule has 0 N–H and O–H groups in total. The predicted octanol–water partition coefficient (Wildman–Crippen LogP) is 1.95. The van der Waals surface area contributed by atoms with Gasteiger partial charge in [0, 0.05) is 26.2 Å². The van der Waals surface area contributed by atoms with Gasteiger partial charge >= 0.3 is 5.97 Å². The zero-order valence-corrected chi connectivity index (χ0v) is 18.6. The monoisotopic (exact) mass is 449 g/mol. The Morgan fingerprint density at radius 3 is 2.18 bits per heavy atom. The van der Waals surface area contributed by atoms with Crippen LogP contribution in [-0.2, 0) is 20.9 Å². The standard InChI is InChI=1S/C25H27N3O5/c1-18(28-24(31)20-10-5-6-11-21(20)25(28)32)23(30)27-13-7-12-26(14-15-27)16-22(29)33-17-19-8-3-2-4-9-19/h2-6,8-11,18H,7,12-17H2,1H3. The van der Waals surface area contributed by atoms with Crippen molar-refractivity contribution in [3.63, 3.8) is 0 Å². The molecule has 4 rings (SSSR count). The van der Waals surface area contributed by atoms with Crippen molar-refractivity contribution in [2.75, 3.05) is 32.7 Å². The lowest BCUT2D eigenvalue weighted by atomic mass is 10.1. The molecule has 0 saturated carbocycles. The maximum atomic E-state index is 13.1. The van der Waals surface area contributed by atoms with Crippen LogP contribution >= 0.6 is 0 Å². The van der Waals surface area contributed by atoms with E-state index in [1.165, 1.54) is 0 Å². The highest BCUT2D eigenvalue weighted by atomic mass is 16.5. The quantitative estimate of drug-likeness (QED) is 0.495. The molecule has 0 radical (unpaired) electrons. The molecule has 172 valence electrons.